The second kappa shape index (κ2) is 6.30. The van der Waals surface area contributed by atoms with Crippen LogP contribution < -0.4 is 11.1 Å². The van der Waals surface area contributed by atoms with Crippen molar-refractivity contribution in [1.29, 1.82) is 0 Å². The molecule has 16 heavy (non-hydrogen) atoms. The zero-order valence-corrected chi connectivity index (χ0v) is 9.24. The number of aliphatic hydroxyl groups is 1. The smallest absolute Gasteiger partial charge is 0.148 e. The SMILES string of the molecule is COCC(O)CCNc1cccc(F)c1N. The number of nitrogens with two attached hydrogens (primary N) is 1. The first kappa shape index (κ1) is 12.7. The van der Waals surface area contributed by atoms with Crippen LogP contribution in [0.15, 0.2) is 18.2 Å². The lowest BCUT2D eigenvalue weighted by Crippen LogP contribution is -2.18. The van der Waals surface area contributed by atoms with Crippen molar-refractivity contribution in [3.8, 4) is 0 Å². The lowest BCUT2D eigenvalue weighted by molar-refractivity contribution is 0.0615. The standard InChI is InChI=1S/C11H17FN2O2/c1-16-7-8(15)5-6-14-10-4-2-3-9(12)11(10)13/h2-4,8,14-15H,5-7,13H2,1H3. The lowest BCUT2D eigenvalue weighted by Gasteiger charge is -2.12. The highest BCUT2D eigenvalue weighted by atomic mass is 19.1. The van der Waals surface area contributed by atoms with Crippen LogP contribution in [0.25, 0.3) is 0 Å². The first-order valence-corrected chi connectivity index (χ1v) is 5.10. The molecule has 0 aliphatic rings. The van der Waals surface area contributed by atoms with Gasteiger partial charge in [-0.1, -0.05) is 6.07 Å². The zero-order chi connectivity index (χ0) is 12.0. The molecule has 1 atom stereocenters. The van der Waals surface area contributed by atoms with Gasteiger partial charge in [0.2, 0.25) is 0 Å². The van der Waals surface area contributed by atoms with Gasteiger partial charge < -0.3 is 20.9 Å². The van der Waals surface area contributed by atoms with Gasteiger partial charge >= 0.3 is 0 Å². The number of nitrogens with one attached hydrogen (secondary N) is 1. The van der Waals surface area contributed by atoms with Crippen molar-refractivity contribution in [2.75, 3.05) is 31.3 Å². The summed E-state index contributed by atoms with van der Waals surface area (Å²) in [5.74, 6) is -0.442. The van der Waals surface area contributed by atoms with Crippen LogP contribution in [0.5, 0.6) is 0 Å². The number of hydrogen-bond acceptors (Lipinski definition) is 4. The maximum Gasteiger partial charge on any atom is 0.148 e. The third-order valence-corrected chi connectivity index (χ3v) is 2.20. The number of aliphatic hydroxyl groups excluding tert-OH is 1. The molecule has 0 aromatic heterocycles. The van der Waals surface area contributed by atoms with E-state index in [0.29, 0.717) is 25.3 Å². The highest BCUT2D eigenvalue weighted by molar-refractivity contribution is 5.66. The van der Waals surface area contributed by atoms with Crippen molar-refractivity contribution in [3.63, 3.8) is 0 Å². The Morgan fingerprint density at radius 2 is 2.31 bits per heavy atom. The Kier molecular flexibility index (Phi) is 5.01. The van der Waals surface area contributed by atoms with Crippen LogP contribution in [0, 0.1) is 5.82 Å². The molecule has 0 heterocycles. The highest BCUT2D eigenvalue weighted by Crippen LogP contribution is 2.20. The molecule has 4 nitrogen and oxygen atoms in total. The molecule has 0 amide bonds. The molecule has 1 rings (SSSR count). The van der Waals surface area contributed by atoms with Gasteiger partial charge in [0.25, 0.3) is 0 Å². The monoisotopic (exact) mass is 228 g/mol. The molecule has 1 aromatic rings. The second-order valence-electron chi connectivity index (χ2n) is 3.53. The van der Waals surface area contributed by atoms with Crippen LogP contribution in [0.4, 0.5) is 15.8 Å². The largest absolute Gasteiger partial charge is 0.395 e. The summed E-state index contributed by atoms with van der Waals surface area (Å²) < 4.78 is 17.8. The Morgan fingerprint density at radius 3 is 3.00 bits per heavy atom. The summed E-state index contributed by atoms with van der Waals surface area (Å²) in [5, 5.41) is 12.3. The predicted octanol–water partition coefficient (Wildman–Crippen LogP) is 1.22. The zero-order valence-electron chi connectivity index (χ0n) is 9.24. The summed E-state index contributed by atoms with van der Waals surface area (Å²) in [7, 11) is 1.53. The van der Waals surface area contributed by atoms with Crippen LogP contribution in [0.3, 0.4) is 0 Å². The summed E-state index contributed by atoms with van der Waals surface area (Å²) in [6.45, 7) is 0.804. The first-order chi connectivity index (χ1) is 7.65. The summed E-state index contributed by atoms with van der Waals surface area (Å²) in [6, 6.07) is 4.58. The lowest BCUT2D eigenvalue weighted by atomic mass is 10.2. The Hall–Kier alpha value is -1.33. The van der Waals surface area contributed by atoms with Crippen LogP contribution in [0.2, 0.25) is 0 Å². The van der Waals surface area contributed by atoms with Gasteiger partial charge in [-0.15, -0.1) is 0 Å². The van der Waals surface area contributed by atoms with Gasteiger partial charge in [-0.25, -0.2) is 4.39 Å². The Balaban J connectivity index is 2.40. The van der Waals surface area contributed by atoms with Gasteiger partial charge in [-0.2, -0.15) is 0 Å². The molecule has 0 fully saturated rings. The summed E-state index contributed by atoms with van der Waals surface area (Å²) in [4.78, 5) is 0. The Bertz CT molecular complexity index is 334. The number of nitrogen functional groups attached to an aromatic ring is 1. The van der Waals surface area contributed by atoms with Crippen molar-refractivity contribution in [3.05, 3.63) is 24.0 Å². The van der Waals surface area contributed by atoms with E-state index in [4.69, 9.17) is 10.5 Å². The normalized spacial score (nSPS) is 12.4. The summed E-state index contributed by atoms with van der Waals surface area (Å²) in [5.41, 5.74) is 6.18. The predicted molar refractivity (Wildman–Crippen MR) is 61.8 cm³/mol. The van der Waals surface area contributed by atoms with Gasteiger partial charge in [0.1, 0.15) is 5.82 Å². The van der Waals surface area contributed by atoms with E-state index < -0.39 is 11.9 Å². The van der Waals surface area contributed by atoms with E-state index in [2.05, 4.69) is 5.32 Å². The number of para-hydroxylation sites is 1. The maximum absolute atomic E-state index is 13.1. The quantitative estimate of drug-likeness (QED) is 0.640. The number of methoxy groups -OCH3 is 1. The third-order valence-electron chi connectivity index (χ3n) is 2.20. The molecular formula is C11H17FN2O2. The van der Waals surface area contributed by atoms with Crippen molar-refractivity contribution in [2.45, 2.75) is 12.5 Å². The van der Waals surface area contributed by atoms with Gasteiger partial charge in [0.15, 0.2) is 0 Å². The number of anilines is 2. The molecule has 0 spiro atoms. The third kappa shape index (κ3) is 3.67. The topological polar surface area (TPSA) is 67.5 Å². The highest BCUT2D eigenvalue weighted by Gasteiger charge is 2.05. The molecule has 0 saturated carbocycles. The fraction of sp³-hybridized carbons (Fsp3) is 0.455. The minimum absolute atomic E-state index is 0.101. The average Bonchev–Trinajstić information content (AvgIpc) is 2.25. The first-order valence-electron chi connectivity index (χ1n) is 5.10. The van der Waals surface area contributed by atoms with Crippen LogP contribution in [-0.2, 0) is 4.74 Å². The van der Waals surface area contributed by atoms with E-state index >= 15 is 0 Å². The average molecular weight is 228 g/mol. The number of ether oxygens (including phenoxy) is 1. The van der Waals surface area contributed by atoms with E-state index in [-0.39, 0.29) is 5.69 Å². The molecule has 0 aliphatic heterocycles. The van der Waals surface area contributed by atoms with Crippen molar-refractivity contribution >= 4 is 11.4 Å². The van der Waals surface area contributed by atoms with E-state index in [9.17, 15) is 9.50 Å². The molecule has 1 unspecified atom stereocenters. The minimum Gasteiger partial charge on any atom is -0.395 e. The molecular weight excluding hydrogens is 211 g/mol. The summed E-state index contributed by atoms with van der Waals surface area (Å²) in [6.07, 6.45) is -0.00338. The fourth-order valence-electron chi connectivity index (χ4n) is 1.34. The summed E-state index contributed by atoms with van der Waals surface area (Å²) >= 11 is 0. The van der Waals surface area contributed by atoms with Crippen LogP contribution in [-0.4, -0.2) is 31.5 Å². The van der Waals surface area contributed by atoms with Gasteiger partial charge in [0.05, 0.1) is 24.1 Å². The van der Waals surface area contributed by atoms with Gasteiger partial charge in [-0.05, 0) is 18.6 Å². The number of halogens is 1. The molecule has 4 N–H and O–H groups in total. The van der Waals surface area contributed by atoms with E-state index in [1.54, 1.807) is 12.1 Å². The minimum atomic E-state index is -0.521. The molecule has 0 aliphatic carbocycles. The molecule has 0 radical (unpaired) electrons. The molecule has 0 saturated heterocycles. The van der Waals surface area contributed by atoms with Crippen LogP contribution in [0.1, 0.15) is 6.42 Å². The van der Waals surface area contributed by atoms with Crippen molar-refractivity contribution in [1.82, 2.24) is 0 Å². The van der Waals surface area contributed by atoms with Crippen molar-refractivity contribution < 1.29 is 14.2 Å². The Morgan fingerprint density at radius 1 is 1.56 bits per heavy atom. The number of rotatable bonds is 6. The van der Waals surface area contributed by atoms with Gasteiger partial charge in [-0.3, -0.25) is 0 Å². The number of hydrogen-bond donors (Lipinski definition) is 3. The molecule has 5 heteroatoms. The second-order valence-corrected chi connectivity index (χ2v) is 3.53. The van der Waals surface area contributed by atoms with E-state index in [0.717, 1.165) is 0 Å². The van der Waals surface area contributed by atoms with Gasteiger partial charge in [0, 0.05) is 13.7 Å². The molecule has 0 bridgehead atoms. The van der Waals surface area contributed by atoms with Crippen LogP contribution >= 0.6 is 0 Å². The fourth-order valence-corrected chi connectivity index (χ4v) is 1.34. The Labute approximate surface area is 94.2 Å². The van der Waals surface area contributed by atoms with Crippen molar-refractivity contribution in [2.24, 2.45) is 0 Å². The maximum atomic E-state index is 13.1. The molecule has 90 valence electrons. The molecule has 1 aromatic carbocycles. The number of benzene rings is 1. The van der Waals surface area contributed by atoms with E-state index in [1.807, 2.05) is 0 Å². The van der Waals surface area contributed by atoms with E-state index in [1.165, 1.54) is 13.2 Å².